The number of para-hydroxylation sites is 1. The van der Waals surface area contributed by atoms with E-state index in [1.807, 2.05) is 0 Å². The Balaban J connectivity index is 2.00. The Labute approximate surface area is 177 Å². The number of benzene rings is 4. The summed E-state index contributed by atoms with van der Waals surface area (Å²) in [4.78, 5) is 0. The average molecular weight is 410 g/mol. The zero-order chi connectivity index (χ0) is 28.0. The van der Waals surface area contributed by atoms with Crippen LogP contribution < -0.4 is 0 Å². The maximum absolute atomic E-state index is 8.69. The van der Waals surface area contributed by atoms with Gasteiger partial charge in [0.1, 0.15) is 0 Å². The van der Waals surface area contributed by atoms with Crippen LogP contribution in [0.15, 0.2) is 101 Å². The summed E-state index contributed by atoms with van der Waals surface area (Å²) in [6, 6.07) is 1.13. The molecule has 0 saturated heterocycles. The standard InChI is InChI=1S/C24H16BrN/c25-19-13-14-24-22(16-19)21-11-4-5-12-23(21)26(24)20-10-6-9-18(15-20)17-7-2-1-3-8-17/h1-16H/i1D,2D,3D,4D,5D,7D,8D,11D,12D,13D,14D,16D. The molecule has 5 aromatic rings. The van der Waals surface area contributed by atoms with Gasteiger partial charge in [-0.1, -0.05) is 76.4 Å². The molecule has 0 atom stereocenters. The average Bonchev–Trinajstić information content (AvgIpc) is 3.27. The van der Waals surface area contributed by atoms with Gasteiger partial charge in [-0.2, -0.15) is 0 Å². The van der Waals surface area contributed by atoms with Crippen molar-refractivity contribution in [3.63, 3.8) is 0 Å². The van der Waals surface area contributed by atoms with Gasteiger partial charge in [0.25, 0.3) is 0 Å². The lowest BCUT2D eigenvalue weighted by Gasteiger charge is -2.10. The smallest absolute Gasteiger partial charge is 0.0646 e. The summed E-state index contributed by atoms with van der Waals surface area (Å²) in [5.74, 6) is 0. The quantitative estimate of drug-likeness (QED) is 0.290. The summed E-state index contributed by atoms with van der Waals surface area (Å²) in [5, 5.41) is 0.0755. The number of aromatic nitrogens is 1. The Kier molecular flexibility index (Phi) is 1.75. The van der Waals surface area contributed by atoms with Gasteiger partial charge in [0.15, 0.2) is 0 Å². The molecule has 26 heavy (non-hydrogen) atoms. The molecule has 0 unspecified atom stereocenters. The highest BCUT2D eigenvalue weighted by molar-refractivity contribution is 9.10. The Bertz CT molecular complexity index is 1750. The van der Waals surface area contributed by atoms with Crippen LogP contribution in [-0.2, 0) is 0 Å². The summed E-state index contributed by atoms with van der Waals surface area (Å²) >= 11 is 3.17. The lowest BCUT2D eigenvalue weighted by atomic mass is 10.1. The number of nitrogens with zero attached hydrogens (tertiary/aromatic N) is 1. The van der Waals surface area contributed by atoms with Crippen molar-refractivity contribution in [1.29, 1.82) is 0 Å². The molecule has 0 amide bonds. The topological polar surface area (TPSA) is 4.93 Å². The molecule has 124 valence electrons. The molecule has 1 heterocycles. The molecule has 0 spiro atoms. The van der Waals surface area contributed by atoms with Gasteiger partial charge in [0.2, 0.25) is 0 Å². The summed E-state index contributed by atoms with van der Waals surface area (Å²) < 4.78 is 101. The van der Waals surface area contributed by atoms with Gasteiger partial charge >= 0.3 is 0 Å². The molecular weight excluding hydrogens is 382 g/mol. The van der Waals surface area contributed by atoms with Crippen molar-refractivity contribution in [3.8, 4) is 16.8 Å². The maximum atomic E-state index is 8.69. The normalized spacial score (nSPS) is 17.7. The SMILES string of the molecule is [2H]c1c([2H])c([2H])c(-c2cccc(-n3c4c([2H])c([2H])c([2H])c([2H])c4c4c([2H])c(Br)c([2H])c([2H])c43)c2)c([2H])c1[2H]. The highest BCUT2D eigenvalue weighted by Crippen LogP contribution is 2.34. The van der Waals surface area contributed by atoms with Crippen LogP contribution in [0, 0.1) is 0 Å². The van der Waals surface area contributed by atoms with E-state index in [0.29, 0.717) is 0 Å². The Morgan fingerprint density at radius 2 is 1.50 bits per heavy atom. The van der Waals surface area contributed by atoms with Gasteiger partial charge in [0.05, 0.1) is 27.5 Å². The molecule has 4 aromatic carbocycles. The van der Waals surface area contributed by atoms with Crippen LogP contribution >= 0.6 is 15.9 Å². The molecule has 0 aliphatic heterocycles. The first kappa shape index (κ1) is 7.42. The van der Waals surface area contributed by atoms with Crippen molar-refractivity contribution in [1.82, 2.24) is 4.57 Å². The van der Waals surface area contributed by atoms with E-state index >= 15 is 0 Å². The van der Waals surface area contributed by atoms with Crippen molar-refractivity contribution in [3.05, 3.63) is 101 Å². The summed E-state index contributed by atoms with van der Waals surface area (Å²) in [6.45, 7) is 0. The van der Waals surface area contributed by atoms with Gasteiger partial charge in [-0.05, 0) is 47.4 Å². The van der Waals surface area contributed by atoms with E-state index in [4.69, 9.17) is 16.4 Å². The number of hydrogen-bond donors (Lipinski definition) is 0. The predicted octanol–water partition coefficient (Wildman–Crippen LogP) is 7.21. The van der Waals surface area contributed by atoms with Crippen molar-refractivity contribution >= 4 is 37.7 Å². The Morgan fingerprint density at radius 3 is 2.38 bits per heavy atom. The monoisotopic (exact) mass is 409 g/mol. The minimum absolute atomic E-state index is 0.00865. The van der Waals surface area contributed by atoms with Crippen LogP contribution in [0.25, 0.3) is 38.6 Å². The van der Waals surface area contributed by atoms with E-state index in [1.54, 1.807) is 18.2 Å². The van der Waals surface area contributed by atoms with Gasteiger partial charge in [-0.3, -0.25) is 0 Å². The number of halogens is 1. The third-order valence-corrected chi connectivity index (χ3v) is 4.42. The van der Waals surface area contributed by atoms with E-state index in [1.165, 1.54) is 10.6 Å². The molecule has 0 saturated carbocycles. The van der Waals surface area contributed by atoms with Crippen LogP contribution in [0.1, 0.15) is 16.4 Å². The largest absolute Gasteiger partial charge is 0.309 e. The minimum atomic E-state index is -0.534. The Morgan fingerprint density at radius 1 is 0.731 bits per heavy atom. The highest BCUT2D eigenvalue weighted by Gasteiger charge is 2.12. The summed E-state index contributed by atoms with van der Waals surface area (Å²) in [6.07, 6.45) is 0. The second-order valence-corrected chi connectivity index (χ2v) is 6.31. The van der Waals surface area contributed by atoms with Crippen LogP contribution in [0.5, 0.6) is 0 Å². The molecule has 0 N–H and O–H groups in total. The van der Waals surface area contributed by atoms with Crippen LogP contribution in [0.3, 0.4) is 0 Å². The molecule has 1 nitrogen and oxygen atoms in total. The van der Waals surface area contributed by atoms with E-state index in [2.05, 4.69) is 15.9 Å². The first-order valence-corrected chi connectivity index (χ1v) is 8.47. The van der Waals surface area contributed by atoms with E-state index < -0.39 is 54.4 Å². The van der Waals surface area contributed by atoms with E-state index in [-0.39, 0.29) is 61.2 Å². The fourth-order valence-electron chi connectivity index (χ4n) is 2.94. The van der Waals surface area contributed by atoms with E-state index in [9.17, 15) is 0 Å². The molecule has 2 heteroatoms. The van der Waals surface area contributed by atoms with Crippen LogP contribution in [-0.4, -0.2) is 4.57 Å². The van der Waals surface area contributed by atoms with Gasteiger partial charge < -0.3 is 4.57 Å². The number of rotatable bonds is 2. The summed E-state index contributed by atoms with van der Waals surface area (Å²) in [5.41, 5.74) is 0.453. The molecule has 0 aliphatic rings. The molecule has 5 rings (SSSR count). The lowest BCUT2D eigenvalue weighted by molar-refractivity contribution is 1.18. The van der Waals surface area contributed by atoms with Crippen molar-refractivity contribution in [2.45, 2.75) is 0 Å². The third kappa shape index (κ3) is 2.46. The van der Waals surface area contributed by atoms with Crippen LogP contribution in [0.2, 0.25) is 0 Å². The predicted molar refractivity (Wildman–Crippen MR) is 114 cm³/mol. The number of hydrogen-bond acceptors (Lipinski definition) is 0. The second-order valence-electron chi connectivity index (χ2n) is 5.52. The fourth-order valence-corrected chi connectivity index (χ4v) is 3.24. The molecule has 0 bridgehead atoms. The minimum Gasteiger partial charge on any atom is -0.309 e. The Hall–Kier alpha value is -2.84. The molecule has 0 aliphatic carbocycles. The molecule has 1 aromatic heterocycles. The van der Waals surface area contributed by atoms with Crippen molar-refractivity contribution in [2.24, 2.45) is 0 Å². The first-order chi connectivity index (χ1) is 17.8. The zero-order valence-electron chi connectivity index (χ0n) is 25.1. The lowest BCUT2D eigenvalue weighted by Crippen LogP contribution is -1.94. The zero-order valence-corrected chi connectivity index (χ0v) is 14.7. The second kappa shape index (κ2) is 6.15. The van der Waals surface area contributed by atoms with Crippen LogP contribution in [0.4, 0.5) is 0 Å². The van der Waals surface area contributed by atoms with Crippen molar-refractivity contribution < 1.29 is 16.4 Å². The highest BCUT2D eigenvalue weighted by atomic mass is 79.9. The van der Waals surface area contributed by atoms with E-state index in [0.717, 1.165) is 0 Å². The number of fused-ring (bicyclic) bond motifs is 3. The van der Waals surface area contributed by atoms with Crippen molar-refractivity contribution in [2.75, 3.05) is 0 Å². The molecule has 0 radical (unpaired) electrons. The van der Waals surface area contributed by atoms with Gasteiger partial charge in [-0.15, -0.1) is 0 Å². The van der Waals surface area contributed by atoms with Gasteiger partial charge in [0, 0.05) is 20.9 Å². The summed E-state index contributed by atoms with van der Waals surface area (Å²) in [7, 11) is 0. The molecule has 0 fully saturated rings. The maximum Gasteiger partial charge on any atom is 0.0646 e. The van der Waals surface area contributed by atoms with Gasteiger partial charge in [-0.25, -0.2) is 0 Å². The third-order valence-electron chi connectivity index (χ3n) is 4.02. The fraction of sp³-hybridized carbons (Fsp3) is 0. The first-order valence-electron chi connectivity index (χ1n) is 13.7. The molecular formula is C24H16BrN.